The summed E-state index contributed by atoms with van der Waals surface area (Å²) in [6, 6.07) is 3.99. The largest absolute Gasteiger partial charge is 0.459 e. The number of halogens is 5. The van der Waals surface area contributed by atoms with Crippen molar-refractivity contribution in [2.45, 2.75) is 6.43 Å². The van der Waals surface area contributed by atoms with E-state index in [1.54, 1.807) is 12.1 Å². The van der Waals surface area contributed by atoms with Crippen LogP contribution in [-0.2, 0) is 0 Å². The molecule has 0 saturated carbocycles. The van der Waals surface area contributed by atoms with Crippen LogP contribution in [0.25, 0.3) is 28.0 Å². The number of aromatic nitrogens is 5. The van der Waals surface area contributed by atoms with Crippen molar-refractivity contribution in [2.24, 2.45) is 0 Å². The van der Waals surface area contributed by atoms with E-state index >= 15 is 0 Å². The number of hydrogen-bond acceptors (Lipinski definition) is 5. The molecule has 1 N–H and O–H groups in total. The Labute approximate surface area is 163 Å². The minimum absolute atomic E-state index is 0.0474. The van der Waals surface area contributed by atoms with Crippen molar-refractivity contribution < 1.29 is 26.7 Å². The van der Waals surface area contributed by atoms with E-state index in [-0.39, 0.29) is 22.5 Å². The molecule has 0 saturated heterocycles. The van der Waals surface area contributed by atoms with E-state index in [0.29, 0.717) is 17.7 Å². The SMILES string of the molecule is O=c1[nH]c(OCC(F)F)nc2c(-c3cc(F)c(F)c(F)c3)c(-c3cccnc3)nn12. The summed E-state index contributed by atoms with van der Waals surface area (Å²) in [5, 5.41) is 4.11. The molecule has 0 atom stereocenters. The number of aromatic amines is 1. The summed E-state index contributed by atoms with van der Waals surface area (Å²) in [7, 11) is 0. The van der Waals surface area contributed by atoms with Crippen LogP contribution in [0.1, 0.15) is 0 Å². The van der Waals surface area contributed by atoms with Crippen LogP contribution in [0.3, 0.4) is 0 Å². The first kappa shape index (κ1) is 19.5. The highest BCUT2D eigenvalue weighted by atomic mass is 19.3. The van der Waals surface area contributed by atoms with Crippen molar-refractivity contribution in [3.05, 3.63) is 64.6 Å². The zero-order chi connectivity index (χ0) is 21.4. The maximum atomic E-state index is 13.9. The van der Waals surface area contributed by atoms with Gasteiger partial charge in [-0.05, 0) is 29.8 Å². The molecule has 0 amide bonds. The van der Waals surface area contributed by atoms with Gasteiger partial charge in [-0.25, -0.2) is 26.7 Å². The van der Waals surface area contributed by atoms with E-state index < -0.39 is 42.2 Å². The lowest BCUT2D eigenvalue weighted by molar-refractivity contribution is 0.0768. The van der Waals surface area contributed by atoms with E-state index in [0.717, 1.165) is 4.52 Å². The third-order valence-corrected chi connectivity index (χ3v) is 4.03. The summed E-state index contributed by atoms with van der Waals surface area (Å²) in [5.74, 6) is -4.62. The van der Waals surface area contributed by atoms with Crippen LogP contribution in [0.4, 0.5) is 22.0 Å². The van der Waals surface area contributed by atoms with Crippen LogP contribution >= 0.6 is 0 Å². The number of rotatable bonds is 5. The Hall–Kier alpha value is -3.83. The number of alkyl halides is 2. The van der Waals surface area contributed by atoms with Gasteiger partial charge in [-0.15, -0.1) is 0 Å². The van der Waals surface area contributed by atoms with E-state index in [4.69, 9.17) is 4.74 Å². The zero-order valence-corrected chi connectivity index (χ0v) is 14.7. The smallest absolute Gasteiger partial charge is 0.352 e. The van der Waals surface area contributed by atoms with Gasteiger partial charge in [0.05, 0.1) is 5.56 Å². The summed E-state index contributed by atoms with van der Waals surface area (Å²) in [6.07, 6.45) is 0.0173. The maximum Gasteiger partial charge on any atom is 0.352 e. The van der Waals surface area contributed by atoms with Gasteiger partial charge >= 0.3 is 5.69 Å². The van der Waals surface area contributed by atoms with Gasteiger partial charge < -0.3 is 4.74 Å². The van der Waals surface area contributed by atoms with Crippen LogP contribution in [0, 0.1) is 17.5 Å². The summed E-state index contributed by atoms with van der Waals surface area (Å²) in [4.78, 5) is 22.4. The maximum absolute atomic E-state index is 13.9. The van der Waals surface area contributed by atoms with Crippen molar-refractivity contribution >= 4 is 5.65 Å². The average molecular weight is 423 g/mol. The van der Waals surface area contributed by atoms with Crippen LogP contribution in [0.2, 0.25) is 0 Å². The van der Waals surface area contributed by atoms with E-state index in [1.165, 1.54) is 12.4 Å². The molecule has 0 radical (unpaired) electrons. The highest BCUT2D eigenvalue weighted by Crippen LogP contribution is 2.35. The summed E-state index contributed by atoms with van der Waals surface area (Å²) in [5.41, 5.74) is -0.960. The number of H-pyrrole nitrogens is 1. The molecule has 3 aromatic heterocycles. The number of ether oxygens (including phenoxy) is 1. The lowest BCUT2D eigenvalue weighted by atomic mass is 10.0. The molecule has 0 bridgehead atoms. The molecule has 0 aliphatic carbocycles. The third kappa shape index (κ3) is 3.47. The molecule has 4 rings (SSSR count). The normalized spacial score (nSPS) is 11.4. The number of fused-ring (bicyclic) bond motifs is 1. The molecular formula is C18H10F5N5O2. The minimum atomic E-state index is -2.83. The Morgan fingerprint density at radius 2 is 1.87 bits per heavy atom. The Kier molecular flexibility index (Phi) is 4.90. The molecule has 0 fully saturated rings. The number of pyridine rings is 1. The number of nitrogens with one attached hydrogen (secondary N) is 1. The molecule has 0 unspecified atom stereocenters. The van der Waals surface area contributed by atoms with Gasteiger partial charge in [0.25, 0.3) is 12.4 Å². The second-order valence-electron chi connectivity index (χ2n) is 6.00. The fraction of sp³-hybridized carbons (Fsp3) is 0.111. The van der Waals surface area contributed by atoms with Crippen LogP contribution in [-0.4, -0.2) is 37.6 Å². The second kappa shape index (κ2) is 7.54. The summed E-state index contributed by atoms with van der Waals surface area (Å²) in [6.45, 7) is -1.04. The molecule has 30 heavy (non-hydrogen) atoms. The van der Waals surface area contributed by atoms with Gasteiger partial charge in [-0.2, -0.15) is 14.6 Å². The number of benzene rings is 1. The quantitative estimate of drug-likeness (QED) is 0.394. The first-order chi connectivity index (χ1) is 14.3. The van der Waals surface area contributed by atoms with Gasteiger partial charge in [-0.1, -0.05) is 0 Å². The van der Waals surface area contributed by atoms with Crippen LogP contribution < -0.4 is 10.4 Å². The van der Waals surface area contributed by atoms with Crippen LogP contribution in [0.15, 0.2) is 41.5 Å². The summed E-state index contributed by atoms with van der Waals surface area (Å²) < 4.78 is 71.6. The molecular weight excluding hydrogens is 413 g/mol. The zero-order valence-electron chi connectivity index (χ0n) is 14.7. The highest BCUT2D eigenvalue weighted by Gasteiger charge is 2.23. The molecule has 0 aliphatic heterocycles. The van der Waals surface area contributed by atoms with E-state index in [2.05, 4.69) is 20.1 Å². The lowest BCUT2D eigenvalue weighted by Crippen LogP contribution is -2.21. The molecule has 154 valence electrons. The van der Waals surface area contributed by atoms with Crippen molar-refractivity contribution in [2.75, 3.05) is 6.61 Å². The molecule has 7 nitrogen and oxygen atoms in total. The van der Waals surface area contributed by atoms with E-state index in [1.807, 2.05) is 0 Å². The first-order valence-corrected chi connectivity index (χ1v) is 8.34. The standard InChI is InChI=1S/C18H10F5N5O2/c19-10-4-9(5-11(20)14(10)23)13-15(8-2-1-3-24-6-8)27-28-16(13)25-17(26-18(28)29)30-7-12(21)22/h1-6,12H,7H2,(H,25,26,29). The van der Waals surface area contributed by atoms with E-state index in [9.17, 15) is 26.7 Å². The third-order valence-electron chi connectivity index (χ3n) is 4.03. The highest BCUT2D eigenvalue weighted by molar-refractivity contribution is 5.90. The molecule has 3 heterocycles. The Morgan fingerprint density at radius 1 is 1.13 bits per heavy atom. The van der Waals surface area contributed by atoms with Crippen molar-refractivity contribution in [3.63, 3.8) is 0 Å². The topological polar surface area (TPSA) is 85.2 Å². The molecule has 1 aromatic carbocycles. The minimum Gasteiger partial charge on any atom is -0.459 e. The Bertz CT molecular complexity index is 1270. The Morgan fingerprint density at radius 3 is 2.50 bits per heavy atom. The van der Waals surface area contributed by atoms with Crippen molar-refractivity contribution in [1.82, 2.24) is 24.6 Å². The second-order valence-corrected chi connectivity index (χ2v) is 6.00. The van der Waals surface area contributed by atoms with Crippen LogP contribution in [0.5, 0.6) is 6.01 Å². The molecule has 12 heteroatoms. The molecule has 4 aromatic rings. The molecule has 0 spiro atoms. The summed E-state index contributed by atoms with van der Waals surface area (Å²) >= 11 is 0. The monoisotopic (exact) mass is 423 g/mol. The van der Waals surface area contributed by atoms with Gasteiger partial charge in [0.2, 0.25) is 0 Å². The predicted molar refractivity (Wildman–Crippen MR) is 93.6 cm³/mol. The Balaban J connectivity index is 2.02. The van der Waals surface area contributed by atoms with Gasteiger partial charge in [0.1, 0.15) is 5.69 Å². The molecule has 0 aliphatic rings. The van der Waals surface area contributed by atoms with Crippen molar-refractivity contribution in [3.8, 4) is 28.4 Å². The van der Waals surface area contributed by atoms with Gasteiger partial charge in [-0.3, -0.25) is 9.97 Å². The predicted octanol–water partition coefficient (Wildman–Crippen LogP) is 3.21. The number of nitrogens with zero attached hydrogens (tertiary/aromatic N) is 4. The fourth-order valence-corrected chi connectivity index (χ4v) is 2.80. The van der Waals surface area contributed by atoms with Crippen molar-refractivity contribution in [1.29, 1.82) is 0 Å². The number of hydrogen-bond donors (Lipinski definition) is 1. The lowest BCUT2D eigenvalue weighted by Gasteiger charge is -2.06. The average Bonchev–Trinajstić information content (AvgIpc) is 3.11. The first-order valence-electron chi connectivity index (χ1n) is 8.34. The van der Waals surface area contributed by atoms with Gasteiger partial charge in [0.15, 0.2) is 29.7 Å². The van der Waals surface area contributed by atoms with Gasteiger partial charge in [0, 0.05) is 18.0 Å². The fourth-order valence-electron chi connectivity index (χ4n) is 2.80.